The first-order valence-corrected chi connectivity index (χ1v) is 7.91. The molecule has 0 aliphatic heterocycles. The normalized spacial score (nSPS) is 10.4. The zero-order valence-electron chi connectivity index (χ0n) is 14.3. The Morgan fingerprint density at radius 3 is 2.36 bits per heavy atom. The minimum atomic E-state index is -0.519. The van der Waals surface area contributed by atoms with Crippen molar-refractivity contribution in [2.24, 2.45) is 5.73 Å². The largest absolute Gasteiger partial charge is 0.484 e. The van der Waals surface area contributed by atoms with Crippen molar-refractivity contribution in [3.63, 3.8) is 0 Å². The Labute approximate surface area is 146 Å². The predicted molar refractivity (Wildman–Crippen MR) is 94.0 cm³/mol. The highest BCUT2D eigenvalue weighted by atomic mass is 19.1. The maximum atomic E-state index is 13.1. The summed E-state index contributed by atoms with van der Waals surface area (Å²) in [6.07, 6.45) is 0.00670. The van der Waals surface area contributed by atoms with Crippen LogP contribution >= 0.6 is 0 Å². The Morgan fingerprint density at radius 2 is 1.76 bits per heavy atom. The van der Waals surface area contributed by atoms with Gasteiger partial charge in [-0.3, -0.25) is 9.59 Å². The van der Waals surface area contributed by atoms with E-state index in [-0.39, 0.29) is 25.5 Å². The number of hydrogen-bond acceptors (Lipinski definition) is 3. The van der Waals surface area contributed by atoms with Crippen molar-refractivity contribution < 1.29 is 18.7 Å². The monoisotopic (exact) mass is 344 g/mol. The molecule has 0 bridgehead atoms. The van der Waals surface area contributed by atoms with Crippen molar-refractivity contribution in [2.45, 2.75) is 20.3 Å². The summed E-state index contributed by atoms with van der Waals surface area (Å²) in [6, 6.07) is 11.0. The fraction of sp³-hybridized carbons (Fsp3) is 0.263. The average Bonchev–Trinajstić information content (AvgIpc) is 2.57. The smallest absolute Gasteiger partial charge is 0.264 e. The van der Waals surface area contributed by atoms with E-state index >= 15 is 0 Å². The number of carbonyl (C=O) groups excluding carboxylic acids is 2. The number of carbonyl (C=O) groups is 2. The van der Waals surface area contributed by atoms with Crippen molar-refractivity contribution in [1.82, 2.24) is 0 Å². The zero-order chi connectivity index (χ0) is 18.4. The van der Waals surface area contributed by atoms with Crippen LogP contribution in [0.25, 0.3) is 0 Å². The number of nitrogens with two attached hydrogens (primary N) is 1. The first kappa shape index (κ1) is 18.4. The van der Waals surface area contributed by atoms with Crippen LogP contribution < -0.4 is 15.4 Å². The predicted octanol–water partition coefficient (Wildman–Crippen LogP) is 2.73. The fourth-order valence-corrected chi connectivity index (χ4v) is 2.27. The maximum absolute atomic E-state index is 13.1. The Hall–Kier alpha value is -2.89. The number of halogens is 1. The van der Waals surface area contributed by atoms with E-state index in [0.717, 1.165) is 11.1 Å². The molecule has 0 saturated heterocycles. The van der Waals surface area contributed by atoms with Gasteiger partial charge in [-0.25, -0.2) is 4.39 Å². The lowest BCUT2D eigenvalue weighted by Gasteiger charge is -2.22. The fourth-order valence-electron chi connectivity index (χ4n) is 2.27. The lowest BCUT2D eigenvalue weighted by molar-refractivity contribution is -0.120. The second-order valence-corrected chi connectivity index (χ2v) is 5.77. The molecule has 0 atom stereocenters. The molecule has 2 N–H and O–H groups in total. The number of aryl methyl sites for hydroxylation is 2. The van der Waals surface area contributed by atoms with E-state index in [9.17, 15) is 14.0 Å². The molecule has 25 heavy (non-hydrogen) atoms. The highest BCUT2D eigenvalue weighted by Gasteiger charge is 2.17. The zero-order valence-corrected chi connectivity index (χ0v) is 14.3. The third-order valence-electron chi connectivity index (χ3n) is 3.86. The Bertz CT molecular complexity index is 760. The van der Waals surface area contributed by atoms with Gasteiger partial charge in [-0.15, -0.1) is 0 Å². The molecule has 0 radical (unpaired) electrons. The molecule has 5 nitrogen and oxygen atoms in total. The van der Waals surface area contributed by atoms with Crippen LogP contribution in [0.4, 0.5) is 10.1 Å². The lowest BCUT2D eigenvalue weighted by atomic mass is 10.1. The van der Waals surface area contributed by atoms with Gasteiger partial charge in [0.2, 0.25) is 5.91 Å². The van der Waals surface area contributed by atoms with E-state index in [0.29, 0.717) is 11.4 Å². The second kappa shape index (κ2) is 8.28. The van der Waals surface area contributed by atoms with Crippen LogP contribution in [0, 0.1) is 19.7 Å². The minimum absolute atomic E-state index is 0.00670. The number of rotatable bonds is 7. The molecule has 2 rings (SSSR count). The van der Waals surface area contributed by atoms with E-state index in [1.807, 2.05) is 26.0 Å². The van der Waals surface area contributed by atoms with Gasteiger partial charge in [-0.1, -0.05) is 6.07 Å². The maximum Gasteiger partial charge on any atom is 0.264 e. The molecular weight excluding hydrogens is 323 g/mol. The first-order valence-electron chi connectivity index (χ1n) is 7.91. The van der Waals surface area contributed by atoms with Crippen molar-refractivity contribution in [3.05, 3.63) is 59.4 Å². The van der Waals surface area contributed by atoms with Gasteiger partial charge in [0.15, 0.2) is 6.61 Å². The number of hydrogen-bond donors (Lipinski definition) is 1. The molecule has 2 aromatic carbocycles. The summed E-state index contributed by atoms with van der Waals surface area (Å²) < 4.78 is 18.7. The molecular formula is C19H21FN2O3. The van der Waals surface area contributed by atoms with Crippen molar-refractivity contribution in [2.75, 3.05) is 18.1 Å². The molecule has 132 valence electrons. The third kappa shape index (κ3) is 5.31. The van der Waals surface area contributed by atoms with Gasteiger partial charge < -0.3 is 15.4 Å². The van der Waals surface area contributed by atoms with E-state index < -0.39 is 11.7 Å². The highest BCUT2D eigenvalue weighted by Crippen LogP contribution is 2.18. The number of primary amides is 1. The number of benzene rings is 2. The van der Waals surface area contributed by atoms with Crippen LogP contribution in [0.1, 0.15) is 17.5 Å². The van der Waals surface area contributed by atoms with Crippen molar-refractivity contribution in [3.8, 4) is 5.75 Å². The number of anilines is 1. The topological polar surface area (TPSA) is 72.6 Å². The standard InChI is InChI=1S/C19H21FN2O3/c1-13-3-8-17(11-14(13)2)25-12-19(24)22(10-9-18(21)23)16-6-4-15(20)5-7-16/h3-8,11H,9-10,12H2,1-2H3,(H2,21,23). The average molecular weight is 344 g/mol. The van der Waals surface area contributed by atoms with Crippen LogP contribution in [-0.2, 0) is 9.59 Å². The van der Waals surface area contributed by atoms with Gasteiger partial charge in [0.05, 0.1) is 0 Å². The van der Waals surface area contributed by atoms with Crippen molar-refractivity contribution in [1.29, 1.82) is 0 Å². The third-order valence-corrected chi connectivity index (χ3v) is 3.86. The summed E-state index contributed by atoms with van der Waals surface area (Å²) in [6.45, 7) is 3.86. The molecule has 0 spiro atoms. The Morgan fingerprint density at radius 1 is 1.08 bits per heavy atom. The minimum Gasteiger partial charge on any atom is -0.484 e. The summed E-state index contributed by atoms with van der Waals surface area (Å²) in [5.74, 6) is -0.677. The molecule has 0 aromatic heterocycles. The molecule has 0 aliphatic carbocycles. The summed E-state index contributed by atoms with van der Waals surface area (Å²) in [5.41, 5.74) is 7.85. The van der Waals surface area contributed by atoms with Gasteiger partial charge >= 0.3 is 0 Å². The summed E-state index contributed by atoms with van der Waals surface area (Å²) >= 11 is 0. The number of amides is 2. The summed E-state index contributed by atoms with van der Waals surface area (Å²) in [4.78, 5) is 24.9. The molecule has 6 heteroatoms. The van der Waals surface area contributed by atoms with Crippen molar-refractivity contribution >= 4 is 17.5 Å². The van der Waals surface area contributed by atoms with E-state index in [1.165, 1.54) is 29.2 Å². The highest BCUT2D eigenvalue weighted by molar-refractivity contribution is 5.95. The quantitative estimate of drug-likeness (QED) is 0.839. The molecule has 0 fully saturated rings. The second-order valence-electron chi connectivity index (χ2n) is 5.77. The van der Waals surface area contributed by atoms with E-state index in [4.69, 9.17) is 10.5 Å². The Balaban J connectivity index is 2.09. The molecule has 0 heterocycles. The van der Waals surface area contributed by atoms with Crippen LogP contribution in [0.5, 0.6) is 5.75 Å². The SMILES string of the molecule is Cc1ccc(OCC(=O)N(CCC(N)=O)c2ccc(F)cc2)cc1C. The van der Waals surface area contributed by atoms with Crippen LogP contribution in [-0.4, -0.2) is 25.0 Å². The van der Waals surface area contributed by atoms with E-state index in [1.54, 1.807) is 6.07 Å². The molecule has 0 unspecified atom stereocenters. The van der Waals surface area contributed by atoms with Gasteiger partial charge in [0, 0.05) is 18.7 Å². The number of ether oxygens (including phenoxy) is 1. The Kier molecular flexibility index (Phi) is 6.11. The van der Waals surface area contributed by atoms with Gasteiger partial charge in [-0.2, -0.15) is 0 Å². The van der Waals surface area contributed by atoms with Gasteiger partial charge in [0.25, 0.3) is 5.91 Å². The lowest BCUT2D eigenvalue weighted by Crippen LogP contribution is -2.37. The van der Waals surface area contributed by atoms with Crippen LogP contribution in [0.3, 0.4) is 0 Å². The van der Waals surface area contributed by atoms with Gasteiger partial charge in [0.1, 0.15) is 11.6 Å². The van der Waals surface area contributed by atoms with E-state index in [2.05, 4.69) is 0 Å². The number of nitrogens with zero attached hydrogens (tertiary/aromatic N) is 1. The molecule has 2 amide bonds. The van der Waals surface area contributed by atoms with Crippen LogP contribution in [0.15, 0.2) is 42.5 Å². The molecule has 2 aromatic rings. The summed E-state index contributed by atoms with van der Waals surface area (Å²) in [7, 11) is 0. The van der Waals surface area contributed by atoms with Crippen LogP contribution in [0.2, 0.25) is 0 Å². The summed E-state index contributed by atoms with van der Waals surface area (Å²) in [5, 5.41) is 0. The van der Waals surface area contributed by atoms with Gasteiger partial charge in [-0.05, 0) is 61.4 Å². The molecule has 0 saturated carbocycles. The first-order chi connectivity index (χ1) is 11.9. The molecule has 0 aliphatic rings.